The number of methoxy groups -OCH3 is 1. The van der Waals surface area contributed by atoms with Gasteiger partial charge >= 0.3 is 0 Å². The molecular formula is C12H13BrN4O. The van der Waals surface area contributed by atoms with Crippen molar-refractivity contribution < 1.29 is 4.74 Å². The number of nitrogens with zero attached hydrogens (tertiary/aromatic N) is 4. The summed E-state index contributed by atoms with van der Waals surface area (Å²) >= 11 is 3.48. The second kappa shape index (κ2) is 5.30. The highest BCUT2D eigenvalue weighted by molar-refractivity contribution is 9.10. The van der Waals surface area contributed by atoms with Crippen molar-refractivity contribution in [3.05, 3.63) is 39.9 Å². The van der Waals surface area contributed by atoms with Crippen molar-refractivity contribution in [2.45, 2.75) is 13.8 Å². The molecule has 0 spiro atoms. The van der Waals surface area contributed by atoms with Gasteiger partial charge in [-0.05, 0) is 41.9 Å². The van der Waals surface area contributed by atoms with Crippen LogP contribution in [-0.2, 0) is 0 Å². The molecule has 94 valence electrons. The van der Waals surface area contributed by atoms with E-state index in [-0.39, 0.29) is 0 Å². The van der Waals surface area contributed by atoms with Crippen LogP contribution in [-0.4, -0.2) is 28.2 Å². The first-order valence-corrected chi connectivity index (χ1v) is 6.18. The molecule has 2 rings (SSSR count). The van der Waals surface area contributed by atoms with Crippen LogP contribution in [0.25, 0.3) is 0 Å². The fraction of sp³-hybridized carbons (Fsp3) is 0.250. The molecule has 1 aromatic carbocycles. The fourth-order valence-corrected chi connectivity index (χ4v) is 2.02. The standard InChI is InChI=1S/C12H13BrN4O/c1-8-15-16-9(2)17(8)14-7-10-11(13)5-4-6-12(10)18-3/h4-7H,1-3H3. The number of aryl methyl sites for hydroxylation is 2. The summed E-state index contributed by atoms with van der Waals surface area (Å²) in [5.74, 6) is 2.25. The fourth-order valence-electron chi connectivity index (χ4n) is 1.57. The average molecular weight is 309 g/mol. The van der Waals surface area contributed by atoms with Gasteiger partial charge in [-0.2, -0.15) is 5.10 Å². The van der Waals surface area contributed by atoms with Crippen LogP contribution >= 0.6 is 15.9 Å². The van der Waals surface area contributed by atoms with E-state index in [9.17, 15) is 0 Å². The molecule has 0 bridgehead atoms. The largest absolute Gasteiger partial charge is 0.496 e. The molecule has 2 aromatic rings. The SMILES string of the molecule is COc1cccc(Br)c1C=Nn1c(C)nnc1C. The van der Waals surface area contributed by atoms with Gasteiger partial charge < -0.3 is 4.74 Å². The Morgan fingerprint density at radius 2 is 1.94 bits per heavy atom. The van der Waals surface area contributed by atoms with Crippen LogP contribution in [0.15, 0.2) is 27.8 Å². The predicted octanol–water partition coefficient (Wildman–Crippen LogP) is 2.55. The number of hydrogen-bond donors (Lipinski definition) is 0. The lowest BCUT2D eigenvalue weighted by Gasteiger charge is -2.06. The summed E-state index contributed by atoms with van der Waals surface area (Å²) in [5, 5.41) is 12.3. The summed E-state index contributed by atoms with van der Waals surface area (Å²) in [6, 6.07) is 5.74. The van der Waals surface area contributed by atoms with Crippen molar-refractivity contribution in [2.24, 2.45) is 5.10 Å². The lowest BCUT2D eigenvalue weighted by molar-refractivity contribution is 0.414. The third-order valence-electron chi connectivity index (χ3n) is 2.49. The van der Waals surface area contributed by atoms with E-state index in [2.05, 4.69) is 31.2 Å². The molecule has 0 aliphatic rings. The van der Waals surface area contributed by atoms with Gasteiger partial charge in [0.15, 0.2) is 11.6 Å². The lowest BCUT2D eigenvalue weighted by atomic mass is 10.2. The van der Waals surface area contributed by atoms with E-state index in [1.165, 1.54) is 0 Å². The van der Waals surface area contributed by atoms with E-state index in [4.69, 9.17) is 4.74 Å². The highest BCUT2D eigenvalue weighted by Gasteiger charge is 2.06. The van der Waals surface area contributed by atoms with E-state index >= 15 is 0 Å². The number of aromatic nitrogens is 3. The van der Waals surface area contributed by atoms with Crippen molar-refractivity contribution in [3.8, 4) is 5.75 Å². The Morgan fingerprint density at radius 1 is 1.28 bits per heavy atom. The molecule has 0 atom stereocenters. The van der Waals surface area contributed by atoms with Crippen LogP contribution in [0.2, 0.25) is 0 Å². The summed E-state index contributed by atoms with van der Waals surface area (Å²) in [6.45, 7) is 3.71. The van der Waals surface area contributed by atoms with Crippen LogP contribution in [0.5, 0.6) is 5.75 Å². The van der Waals surface area contributed by atoms with E-state index in [0.717, 1.165) is 27.4 Å². The van der Waals surface area contributed by atoms with Crippen LogP contribution in [0.1, 0.15) is 17.2 Å². The summed E-state index contributed by atoms with van der Waals surface area (Å²) in [7, 11) is 1.63. The molecule has 1 heterocycles. The van der Waals surface area contributed by atoms with E-state index in [1.54, 1.807) is 18.0 Å². The lowest BCUT2D eigenvalue weighted by Crippen LogP contribution is -1.98. The highest BCUT2D eigenvalue weighted by atomic mass is 79.9. The third-order valence-corrected chi connectivity index (χ3v) is 3.18. The molecule has 0 saturated heterocycles. The molecule has 0 amide bonds. The molecule has 0 fully saturated rings. The molecule has 0 aliphatic carbocycles. The minimum absolute atomic E-state index is 0.745. The minimum Gasteiger partial charge on any atom is -0.496 e. The molecule has 0 radical (unpaired) electrons. The molecular weight excluding hydrogens is 296 g/mol. The van der Waals surface area contributed by atoms with Gasteiger partial charge in [0, 0.05) is 4.47 Å². The van der Waals surface area contributed by atoms with Crippen molar-refractivity contribution in [2.75, 3.05) is 7.11 Å². The van der Waals surface area contributed by atoms with Crippen LogP contribution in [0.4, 0.5) is 0 Å². The number of ether oxygens (including phenoxy) is 1. The van der Waals surface area contributed by atoms with Gasteiger partial charge in [0.05, 0.1) is 18.9 Å². The van der Waals surface area contributed by atoms with Crippen molar-refractivity contribution in [1.82, 2.24) is 14.9 Å². The second-order valence-corrected chi connectivity index (χ2v) is 4.56. The van der Waals surface area contributed by atoms with Gasteiger partial charge in [-0.3, -0.25) is 0 Å². The Balaban J connectivity index is 2.40. The average Bonchev–Trinajstić information content (AvgIpc) is 2.68. The summed E-state index contributed by atoms with van der Waals surface area (Å²) < 4.78 is 7.90. The number of hydrogen-bond acceptors (Lipinski definition) is 4. The van der Waals surface area contributed by atoms with Crippen molar-refractivity contribution in [1.29, 1.82) is 0 Å². The van der Waals surface area contributed by atoms with Crippen LogP contribution in [0, 0.1) is 13.8 Å². The van der Waals surface area contributed by atoms with Crippen molar-refractivity contribution in [3.63, 3.8) is 0 Å². The predicted molar refractivity (Wildman–Crippen MR) is 73.2 cm³/mol. The Hall–Kier alpha value is -1.69. The first kappa shape index (κ1) is 12.8. The molecule has 1 aromatic heterocycles. The first-order chi connectivity index (χ1) is 8.63. The Kier molecular flexibility index (Phi) is 3.76. The summed E-state index contributed by atoms with van der Waals surface area (Å²) in [5.41, 5.74) is 0.882. The zero-order valence-electron chi connectivity index (χ0n) is 10.4. The quantitative estimate of drug-likeness (QED) is 0.819. The maximum atomic E-state index is 5.29. The normalized spacial score (nSPS) is 11.1. The minimum atomic E-state index is 0.745. The molecule has 18 heavy (non-hydrogen) atoms. The van der Waals surface area contributed by atoms with Crippen LogP contribution < -0.4 is 4.74 Å². The van der Waals surface area contributed by atoms with Gasteiger partial charge in [0.1, 0.15) is 5.75 Å². The van der Waals surface area contributed by atoms with E-state index < -0.39 is 0 Å². The van der Waals surface area contributed by atoms with Gasteiger partial charge in [-0.1, -0.05) is 6.07 Å². The topological polar surface area (TPSA) is 52.3 Å². The monoisotopic (exact) mass is 308 g/mol. The van der Waals surface area contributed by atoms with Crippen molar-refractivity contribution >= 4 is 22.1 Å². The molecule has 0 unspecified atom stereocenters. The van der Waals surface area contributed by atoms with Gasteiger partial charge in [-0.25, -0.2) is 4.68 Å². The third kappa shape index (κ3) is 2.43. The van der Waals surface area contributed by atoms with Gasteiger partial charge in [0.2, 0.25) is 0 Å². The highest BCUT2D eigenvalue weighted by Crippen LogP contribution is 2.24. The molecule has 0 aliphatic heterocycles. The number of rotatable bonds is 3. The Morgan fingerprint density at radius 3 is 2.56 bits per heavy atom. The molecule has 5 nitrogen and oxygen atoms in total. The zero-order valence-corrected chi connectivity index (χ0v) is 12.0. The summed E-state index contributed by atoms with van der Waals surface area (Å²) in [4.78, 5) is 0. The second-order valence-electron chi connectivity index (χ2n) is 3.71. The maximum absolute atomic E-state index is 5.29. The molecule has 0 saturated carbocycles. The molecule has 0 N–H and O–H groups in total. The number of halogens is 1. The smallest absolute Gasteiger partial charge is 0.151 e. The molecule has 6 heteroatoms. The summed E-state index contributed by atoms with van der Waals surface area (Å²) in [6.07, 6.45) is 1.73. The van der Waals surface area contributed by atoms with Gasteiger partial charge in [0.25, 0.3) is 0 Å². The zero-order chi connectivity index (χ0) is 13.1. The Bertz CT molecular complexity index is 572. The Labute approximate surface area is 114 Å². The van der Waals surface area contributed by atoms with E-state index in [1.807, 2.05) is 32.0 Å². The van der Waals surface area contributed by atoms with Gasteiger partial charge in [-0.15, -0.1) is 10.2 Å². The van der Waals surface area contributed by atoms with E-state index in [0.29, 0.717) is 0 Å². The number of benzene rings is 1. The first-order valence-electron chi connectivity index (χ1n) is 5.39. The van der Waals surface area contributed by atoms with Crippen LogP contribution in [0.3, 0.4) is 0 Å². The maximum Gasteiger partial charge on any atom is 0.151 e.